The van der Waals surface area contributed by atoms with E-state index in [1.807, 2.05) is 0 Å². The quantitative estimate of drug-likeness (QED) is 0.731. The first-order chi connectivity index (χ1) is 10.1. The van der Waals surface area contributed by atoms with Crippen molar-refractivity contribution in [2.45, 2.75) is 0 Å². The van der Waals surface area contributed by atoms with Crippen LogP contribution < -0.4 is 15.0 Å². The topological polar surface area (TPSA) is 63.1 Å². The lowest BCUT2D eigenvalue weighted by Crippen LogP contribution is -3.12. The van der Waals surface area contributed by atoms with Gasteiger partial charge in [-0.15, -0.1) is 0 Å². The summed E-state index contributed by atoms with van der Waals surface area (Å²) in [5.74, 6) is 0.428. The molecular formula is C15H22N3O3+. The van der Waals surface area contributed by atoms with Crippen LogP contribution in [0, 0.1) is 0 Å². The van der Waals surface area contributed by atoms with E-state index in [9.17, 15) is 9.59 Å². The van der Waals surface area contributed by atoms with Crippen LogP contribution in [0.1, 0.15) is 10.4 Å². The number of rotatable bonds is 4. The first-order valence-corrected chi connectivity index (χ1v) is 7.11. The molecule has 2 amide bonds. The Labute approximate surface area is 124 Å². The first-order valence-electron chi connectivity index (χ1n) is 7.11. The van der Waals surface area contributed by atoms with Gasteiger partial charge in [0.2, 0.25) is 5.91 Å². The highest BCUT2D eigenvalue weighted by molar-refractivity contribution is 5.96. The summed E-state index contributed by atoms with van der Waals surface area (Å²) in [6.07, 6.45) is 0. The van der Waals surface area contributed by atoms with Crippen LogP contribution in [0.25, 0.3) is 0 Å². The van der Waals surface area contributed by atoms with Gasteiger partial charge in [-0.25, -0.2) is 0 Å². The van der Waals surface area contributed by atoms with E-state index in [-0.39, 0.29) is 18.4 Å². The number of piperazine rings is 1. The lowest BCUT2D eigenvalue weighted by molar-refractivity contribution is -0.883. The Kier molecular flexibility index (Phi) is 5.16. The van der Waals surface area contributed by atoms with Gasteiger partial charge in [0.1, 0.15) is 5.75 Å². The van der Waals surface area contributed by atoms with E-state index < -0.39 is 0 Å². The predicted octanol–water partition coefficient (Wildman–Crippen LogP) is -1.22. The van der Waals surface area contributed by atoms with Gasteiger partial charge in [0, 0.05) is 5.56 Å². The number of ether oxygens (including phenoxy) is 1. The van der Waals surface area contributed by atoms with E-state index in [0.29, 0.717) is 11.3 Å². The standard InChI is InChI=1S/C15H21N3O3/c1-17-7-9-18(10-8-17)14(19)11-16-15(20)12-3-5-13(21-2)6-4-12/h3-6H,7-11H2,1-2H3,(H,16,20)/p+1. The highest BCUT2D eigenvalue weighted by atomic mass is 16.5. The van der Waals surface area contributed by atoms with Gasteiger partial charge < -0.3 is 19.9 Å². The van der Waals surface area contributed by atoms with E-state index in [0.717, 1.165) is 26.2 Å². The molecule has 21 heavy (non-hydrogen) atoms. The number of hydrogen-bond donors (Lipinski definition) is 2. The van der Waals surface area contributed by atoms with Gasteiger partial charge in [0.05, 0.1) is 46.9 Å². The molecular weight excluding hydrogens is 270 g/mol. The first kappa shape index (κ1) is 15.3. The summed E-state index contributed by atoms with van der Waals surface area (Å²) in [4.78, 5) is 27.2. The molecule has 2 rings (SSSR count). The van der Waals surface area contributed by atoms with Crippen molar-refractivity contribution in [1.29, 1.82) is 0 Å². The summed E-state index contributed by atoms with van der Waals surface area (Å²) in [5, 5.41) is 2.67. The molecule has 1 aromatic carbocycles. The SMILES string of the molecule is COc1ccc(C(=O)NCC(=O)N2CC[NH+](C)CC2)cc1. The van der Waals surface area contributed by atoms with Crippen molar-refractivity contribution in [2.75, 3.05) is 46.9 Å². The van der Waals surface area contributed by atoms with Crippen molar-refractivity contribution < 1.29 is 19.2 Å². The van der Waals surface area contributed by atoms with Gasteiger partial charge in [0.25, 0.3) is 5.91 Å². The Morgan fingerprint density at radius 3 is 2.43 bits per heavy atom. The third-order valence-corrected chi connectivity index (χ3v) is 3.72. The van der Waals surface area contributed by atoms with Crippen molar-refractivity contribution in [3.8, 4) is 5.75 Å². The van der Waals surface area contributed by atoms with Gasteiger partial charge in [-0.1, -0.05) is 0 Å². The maximum absolute atomic E-state index is 12.0. The second-order valence-electron chi connectivity index (χ2n) is 5.25. The van der Waals surface area contributed by atoms with E-state index in [1.54, 1.807) is 36.3 Å². The monoisotopic (exact) mass is 292 g/mol. The van der Waals surface area contributed by atoms with Crippen LogP contribution in [0.5, 0.6) is 5.75 Å². The highest BCUT2D eigenvalue weighted by Crippen LogP contribution is 2.10. The number of benzene rings is 1. The average Bonchev–Trinajstić information content (AvgIpc) is 2.53. The molecule has 0 aromatic heterocycles. The minimum absolute atomic E-state index is 0.0237. The summed E-state index contributed by atoms with van der Waals surface area (Å²) in [6, 6.07) is 6.80. The Hall–Kier alpha value is -2.08. The second kappa shape index (κ2) is 7.08. The molecule has 1 heterocycles. The molecule has 0 atom stereocenters. The molecule has 6 heteroatoms. The third kappa shape index (κ3) is 4.19. The van der Waals surface area contributed by atoms with Crippen LogP contribution in [-0.2, 0) is 4.79 Å². The van der Waals surface area contributed by atoms with Crippen molar-refractivity contribution in [2.24, 2.45) is 0 Å². The minimum Gasteiger partial charge on any atom is -0.497 e. The lowest BCUT2D eigenvalue weighted by Gasteiger charge is -2.30. The summed E-state index contributed by atoms with van der Waals surface area (Å²) < 4.78 is 5.04. The van der Waals surface area contributed by atoms with Crippen LogP contribution in [0.4, 0.5) is 0 Å². The third-order valence-electron chi connectivity index (χ3n) is 3.72. The molecule has 1 aromatic rings. The van der Waals surface area contributed by atoms with Crippen LogP contribution in [-0.4, -0.2) is 63.6 Å². The average molecular weight is 292 g/mol. The van der Waals surface area contributed by atoms with E-state index in [1.165, 1.54) is 4.90 Å². The molecule has 0 radical (unpaired) electrons. The Morgan fingerprint density at radius 2 is 1.86 bits per heavy atom. The summed E-state index contributed by atoms with van der Waals surface area (Å²) in [6.45, 7) is 3.46. The van der Waals surface area contributed by atoms with Gasteiger partial charge in [0.15, 0.2) is 0 Å². The fraction of sp³-hybridized carbons (Fsp3) is 0.467. The summed E-state index contributed by atoms with van der Waals surface area (Å²) in [5.41, 5.74) is 0.520. The fourth-order valence-electron chi connectivity index (χ4n) is 2.25. The molecule has 0 aliphatic carbocycles. The largest absolute Gasteiger partial charge is 0.497 e. The highest BCUT2D eigenvalue weighted by Gasteiger charge is 2.21. The molecule has 6 nitrogen and oxygen atoms in total. The number of hydrogen-bond acceptors (Lipinski definition) is 3. The number of amides is 2. The zero-order chi connectivity index (χ0) is 15.2. The fourth-order valence-corrected chi connectivity index (χ4v) is 2.25. The van der Waals surface area contributed by atoms with E-state index in [4.69, 9.17) is 4.74 Å². The van der Waals surface area contributed by atoms with Crippen molar-refractivity contribution in [3.63, 3.8) is 0 Å². The number of likely N-dealkylation sites (N-methyl/N-ethyl adjacent to an activating group) is 1. The minimum atomic E-state index is -0.245. The number of nitrogens with zero attached hydrogens (tertiary/aromatic N) is 1. The lowest BCUT2D eigenvalue weighted by atomic mass is 10.2. The number of carbonyl (C=O) groups excluding carboxylic acids is 2. The van der Waals surface area contributed by atoms with Gasteiger partial charge in [-0.3, -0.25) is 9.59 Å². The van der Waals surface area contributed by atoms with Crippen LogP contribution in [0.15, 0.2) is 24.3 Å². The molecule has 1 aliphatic rings. The Bertz CT molecular complexity index is 493. The van der Waals surface area contributed by atoms with Gasteiger partial charge >= 0.3 is 0 Å². The molecule has 0 bridgehead atoms. The number of carbonyl (C=O) groups is 2. The molecule has 0 spiro atoms. The number of nitrogens with one attached hydrogen (secondary N) is 2. The number of methoxy groups -OCH3 is 1. The van der Waals surface area contributed by atoms with Crippen LogP contribution >= 0.6 is 0 Å². The smallest absolute Gasteiger partial charge is 0.251 e. The zero-order valence-electron chi connectivity index (χ0n) is 12.5. The van der Waals surface area contributed by atoms with Crippen molar-refractivity contribution >= 4 is 11.8 Å². The second-order valence-corrected chi connectivity index (χ2v) is 5.25. The molecule has 1 aliphatic heterocycles. The number of quaternary nitrogens is 1. The molecule has 0 unspecified atom stereocenters. The Balaban J connectivity index is 1.81. The van der Waals surface area contributed by atoms with Crippen LogP contribution in [0.3, 0.4) is 0 Å². The van der Waals surface area contributed by atoms with Gasteiger partial charge in [-0.2, -0.15) is 0 Å². The molecule has 1 saturated heterocycles. The van der Waals surface area contributed by atoms with Crippen molar-refractivity contribution in [1.82, 2.24) is 10.2 Å². The van der Waals surface area contributed by atoms with E-state index in [2.05, 4.69) is 12.4 Å². The normalized spacial score (nSPS) is 15.6. The summed E-state index contributed by atoms with van der Waals surface area (Å²) in [7, 11) is 3.69. The molecule has 1 fully saturated rings. The maximum Gasteiger partial charge on any atom is 0.251 e. The zero-order valence-corrected chi connectivity index (χ0v) is 12.5. The predicted molar refractivity (Wildman–Crippen MR) is 78.5 cm³/mol. The molecule has 2 N–H and O–H groups in total. The van der Waals surface area contributed by atoms with Gasteiger partial charge in [-0.05, 0) is 24.3 Å². The molecule has 0 saturated carbocycles. The van der Waals surface area contributed by atoms with Crippen LogP contribution in [0.2, 0.25) is 0 Å². The molecule has 114 valence electrons. The summed E-state index contributed by atoms with van der Waals surface area (Å²) >= 11 is 0. The maximum atomic E-state index is 12.0. The van der Waals surface area contributed by atoms with Crippen molar-refractivity contribution in [3.05, 3.63) is 29.8 Å². The van der Waals surface area contributed by atoms with E-state index >= 15 is 0 Å². The Morgan fingerprint density at radius 1 is 1.24 bits per heavy atom.